The van der Waals surface area contributed by atoms with E-state index in [9.17, 15) is 14.7 Å². The Morgan fingerprint density at radius 3 is 2.42 bits per heavy atom. The lowest BCUT2D eigenvalue weighted by Gasteiger charge is -2.35. The summed E-state index contributed by atoms with van der Waals surface area (Å²) in [5.74, 6) is -1.41. The number of para-hydroxylation sites is 1. The van der Waals surface area contributed by atoms with E-state index in [0.717, 1.165) is 31.9 Å². The summed E-state index contributed by atoms with van der Waals surface area (Å²) in [6.07, 6.45) is -1.58. The van der Waals surface area contributed by atoms with Gasteiger partial charge in [0.25, 0.3) is 11.7 Å². The summed E-state index contributed by atoms with van der Waals surface area (Å²) in [6, 6.07) is 11.8. The SMILES string of the molecule is CN1CCN(c2ccccc2C(O)C(=O)C(=O)N(CCS)c2ccc(Cl)c(Cl)c2)CC1. The summed E-state index contributed by atoms with van der Waals surface area (Å²) in [7, 11) is 2.05. The number of hydrogen-bond acceptors (Lipinski definition) is 6. The number of hydrogen-bond donors (Lipinski definition) is 2. The van der Waals surface area contributed by atoms with E-state index in [1.165, 1.54) is 11.0 Å². The molecule has 1 aliphatic heterocycles. The van der Waals surface area contributed by atoms with Gasteiger partial charge >= 0.3 is 0 Å². The van der Waals surface area contributed by atoms with Crippen LogP contribution in [0, 0.1) is 0 Å². The molecule has 1 unspecified atom stereocenters. The molecule has 1 saturated heterocycles. The zero-order chi connectivity index (χ0) is 22.5. The van der Waals surface area contributed by atoms with Crippen molar-refractivity contribution in [3.8, 4) is 0 Å². The lowest BCUT2D eigenvalue weighted by atomic mass is 10.0. The molecule has 31 heavy (non-hydrogen) atoms. The Bertz CT molecular complexity index is 951. The first-order chi connectivity index (χ1) is 14.8. The van der Waals surface area contributed by atoms with E-state index in [0.29, 0.717) is 22.0 Å². The summed E-state index contributed by atoms with van der Waals surface area (Å²) in [4.78, 5) is 31.7. The lowest BCUT2D eigenvalue weighted by Crippen LogP contribution is -2.45. The number of likely N-dealkylation sites (N-methyl/N-ethyl adjacent to an activating group) is 1. The first-order valence-electron chi connectivity index (χ1n) is 9.95. The van der Waals surface area contributed by atoms with E-state index in [2.05, 4.69) is 29.5 Å². The number of rotatable bonds is 7. The van der Waals surface area contributed by atoms with Gasteiger partial charge in [-0.1, -0.05) is 41.4 Å². The van der Waals surface area contributed by atoms with Crippen LogP contribution in [-0.2, 0) is 9.59 Å². The third-order valence-corrected chi connectivity index (χ3v) is 6.26. The standard InChI is InChI=1S/C22H25Cl2N3O3S/c1-25-8-10-26(11-9-25)19-5-3-2-4-16(19)20(28)21(29)22(30)27(12-13-31)15-6-7-17(23)18(24)14-15/h2-7,14,20,28,31H,8-13H2,1H3. The highest BCUT2D eigenvalue weighted by molar-refractivity contribution is 7.80. The Morgan fingerprint density at radius 2 is 1.77 bits per heavy atom. The summed E-state index contributed by atoms with van der Waals surface area (Å²) >= 11 is 16.3. The van der Waals surface area contributed by atoms with Gasteiger partial charge in [-0.25, -0.2) is 0 Å². The maximum atomic E-state index is 13.1. The molecule has 0 aromatic heterocycles. The predicted molar refractivity (Wildman–Crippen MR) is 129 cm³/mol. The van der Waals surface area contributed by atoms with Gasteiger partial charge in [0.05, 0.1) is 10.0 Å². The highest BCUT2D eigenvalue weighted by Crippen LogP contribution is 2.30. The van der Waals surface area contributed by atoms with E-state index in [1.807, 2.05) is 12.1 Å². The second-order valence-electron chi connectivity index (χ2n) is 7.39. The van der Waals surface area contributed by atoms with Crippen molar-refractivity contribution in [1.82, 2.24) is 4.90 Å². The van der Waals surface area contributed by atoms with Gasteiger partial charge in [-0.2, -0.15) is 12.6 Å². The molecule has 9 heteroatoms. The molecular weight excluding hydrogens is 457 g/mol. The quantitative estimate of drug-likeness (QED) is 0.469. The van der Waals surface area contributed by atoms with Gasteiger partial charge < -0.3 is 19.8 Å². The second kappa shape index (κ2) is 10.7. The summed E-state index contributed by atoms with van der Waals surface area (Å²) in [6.45, 7) is 3.49. The third-order valence-electron chi connectivity index (χ3n) is 5.32. The number of benzene rings is 2. The molecule has 1 aliphatic rings. The largest absolute Gasteiger partial charge is 0.380 e. The molecule has 1 atom stereocenters. The third kappa shape index (κ3) is 5.54. The Balaban J connectivity index is 1.86. The minimum Gasteiger partial charge on any atom is -0.380 e. The van der Waals surface area contributed by atoms with E-state index >= 15 is 0 Å². The molecule has 1 fully saturated rings. The Labute approximate surface area is 197 Å². The van der Waals surface area contributed by atoms with Gasteiger partial charge in [0.2, 0.25) is 0 Å². The maximum Gasteiger partial charge on any atom is 0.297 e. The molecule has 1 N–H and O–H groups in total. The molecule has 0 bridgehead atoms. The Morgan fingerprint density at radius 1 is 1.10 bits per heavy atom. The fraction of sp³-hybridized carbons (Fsp3) is 0.364. The van der Waals surface area contributed by atoms with Crippen LogP contribution < -0.4 is 9.80 Å². The first-order valence-corrected chi connectivity index (χ1v) is 11.3. The molecule has 0 radical (unpaired) electrons. The first kappa shape index (κ1) is 23.9. The van der Waals surface area contributed by atoms with Crippen molar-refractivity contribution in [2.45, 2.75) is 6.10 Å². The molecule has 1 heterocycles. The molecule has 1 amide bonds. The van der Waals surface area contributed by atoms with Gasteiger partial charge in [-0.05, 0) is 31.3 Å². The summed E-state index contributed by atoms with van der Waals surface area (Å²) in [5.41, 5.74) is 1.60. The number of piperazine rings is 1. The molecule has 6 nitrogen and oxygen atoms in total. The molecule has 3 rings (SSSR count). The number of ketones is 1. The van der Waals surface area contributed by atoms with Crippen molar-refractivity contribution >= 4 is 58.9 Å². The number of thiol groups is 1. The number of carbonyl (C=O) groups is 2. The van der Waals surface area contributed by atoms with Crippen LogP contribution in [-0.4, -0.2) is 67.2 Å². The number of aliphatic hydroxyl groups is 1. The van der Waals surface area contributed by atoms with Crippen molar-refractivity contribution in [2.24, 2.45) is 0 Å². The molecule has 2 aromatic carbocycles. The fourth-order valence-corrected chi connectivity index (χ4v) is 4.04. The van der Waals surface area contributed by atoms with E-state index in [4.69, 9.17) is 23.2 Å². The zero-order valence-electron chi connectivity index (χ0n) is 17.2. The number of halogens is 2. The summed E-state index contributed by atoms with van der Waals surface area (Å²) in [5, 5.41) is 11.5. The topological polar surface area (TPSA) is 64.1 Å². The van der Waals surface area contributed by atoms with Crippen LogP contribution in [0.3, 0.4) is 0 Å². The molecular formula is C22H25Cl2N3O3S. The number of Topliss-reactive ketones (excluding diaryl/α,β-unsaturated/α-hetero) is 1. The Hall–Kier alpha value is -1.77. The van der Waals surface area contributed by atoms with Gasteiger partial charge in [0, 0.05) is 55.4 Å². The number of nitrogens with zero attached hydrogens (tertiary/aromatic N) is 3. The highest BCUT2D eigenvalue weighted by atomic mass is 35.5. The van der Waals surface area contributed by atoms with E-state index < -0.39 is 17.8 Å². The minimum absolute atomic E-state index is 0.179. The van der Waals surface area contributed by atoms with Crippen molar-refractivity contribution < 1.29 is 14.7 Å². The average Bonchev–Trinajstić information content (AvgIpc) is 2.78. The van der Waals surface area contributed by atoms with E-state index in [-0.39, 0.29) is 11.6 Å². The van der Waals surface area contributed by atoms with Crippen LogP contribution in [0.2, 0.25) is 10.0 Å². The van der Waals surface area contributed by atoms with Gasteiger partial charge in [0.1, 0.15) is 6.10 Å². The molecule has 0 saturated carbocycles. The number of carbonyl (C=O) groups excluding carboxylic acids is 2. The molecule has 2 aromatic rings. The highest BCUT2D eigenvalue weighted by Gasteiger charge is 2.32. The Kier molecular flexibility index (Phi) is 8.24. The van der Waals surface area contributed by atoms with Crippen LogP contribution in [0.25, 0.3) is 0 Å². The maximum absolute atomic E-state index is 13.1. The van der Waals surface area contributed by atoms with Gasteiger partial charge in [0.15, 0.2) is 0 Å². The predicted octanol–water partition coefficient (Wildman–Crippen LogP) is 3.31. The number of anilines is 2. The number of aliphatic hydroxyl groups excluding tert-OH is 1. The van der Waals surface area contributed by atoms with Crippen LogP contribution >= 0.6 is 35.8 Å². The van der Waals surface area contributed by atoms with Crippen molar-refractivity contribution in [3.63, 3.8) is 0 Å². The molecule has 166 valence electrons. The van der Waals surface area contributed by atoms with Gasteiger partial charge in [-0.3, -0.25) is 9.59 Å². The van der Waals surface area contributed by atoms with Crippen LogP contribution in [0.4, 0.5) is 11.4 Å². The smallest absolute Gasteiger partial charge is 0.297 e. The second-order valence-corrected chi connectivity index (χ2v) is 8.66. The van der Waals surface area contributed by atoms with Crippen molar-refractivity contribution in [3.05, 3.63) is 58.1 Å². The lowest BCUT2D eigenvalue weighted by molar-refractivity contribution is -0.141. The van der Waals surface area contributed by atoms with Crippen LogP contribution in [0.5, 0.6) is 0 Å². The normalized spacial score (nSPS) is 15.6. The minimum atomic E-state index is -1.58. The average molecular weight is 482 g/mol. The van der Waals surface area contributed by atoms with Crippen molar-refractivity contribution in [1.29, 1.82) is 0 Å². The van der Waals surface area contributed by atoms with Crippen molar-refractivity contribution in [2.75, 3.05) is 55.3 Å². The van der Waals surface area contributed by atoms with Crippen LogP contribution in [0.15, 0.2) is 42.5 Å². The number of amides is 1. The molecule has 0 spiro atoms. The fourth-order valence-electron chi connectivity index (χ4n) is 3.55. The van der Waals surface area contributed by atoms with E-state index in [1.54, 1.807) is 24.3 Å². The summed E-state index contributed by atoms with van der Waals surface area (Å²) < 4.78 is 0. The van der Waals surface area contributed by atoms with Crippen LogP contribution in [0.1, 0.15) is 11.7 Å². The molecule has 0 aliphatic carbocycles. The monoisotopic (exact) mass is 481 g/mol. The van der Waals surface area contributed by atoms with Gasteiger partial charge in [-0.15, -0.1) is 0 Å². The zero-order valence-corrected chi connectivity index (χ0v) is 19.6.